The van der Waals surface area contributed by atoms with E-state index in [0.29, 0.717) is 13.0 Å². The Hall–Kier alpha value is -0.690. The molecule has 6 nitrogen and oxygen atoms in total. The Morgan fingerprint density at radius 3 is 2.65 bits per heavy atom. The summed E-state index contributed by atoms with van der Waals surface area (Å²) in [5, 5.41) is 19.3. The molecule has 6 heteroatoms. The van der Waals surface area contributed by atoms with Crippen LogP contribution in [0, 0.1) is 0 Å². The van der Waals surface area contributed by atoms with Gasteiger partial charge < -0.3 is 15.9 Å². The summed E-state index contributed by atoms with van der Waals surface area (Å²) < 4.78 is 0. The fraction of sp³-hybridized carbons (Fsp3) is 0.929. The lowest BCUT2D eigenvalue weighted by Gasteiger charge is -2.41. The molecule has 0 aromatic heterocycles. The van der Waals surface area contributed by atoms with E-state index in [1.54, 1.807) is 0 Å². The van der Waals surface area contributed by atoms with Gasteiger partial charge in [0.2, 0.25) is 5.91 Å². The second kappa shape index (κ2) is 6.85. The molecule has 0 radical (unpaired) electrons. The first kappa shape index (κ1) is 15.7. The van der Waals surface area contributed by atoms with Gasteiger partial charge in [-0.1, -0.05) is 6.42 Å². The van der Waals surface area contributed by atoms with Crippen molar-refractivity contribution in [2.45, 2.75) is 56.9 Å². The predicted octanol–water partition coefficient (Wildman–Crippen LogP) is -0.858. The molecule has 2 aliphatic rings. The standard InChI is InChI=1S/C14H27N3O3/c1-10(16-7-5-12(18)13(19)9-16)8-17-6-3-2-4-11(17)14(15)20/h10-13,18-19H,2-9H2,1H3,(H2,15,20). The van der Waals surface area contributed by atoms with Crippen molar-refractivity contribution in [1.29, 1.82) is 0 Å². The number of nitrogens with two attached hydrogens (primary N) is 1. The Labute approximate surface area is 120 Å². The Balaban J connectivity index is 1.89. The van der Waals surface area contributed by atoms with Crippen LogP contribution >= 0.6 is 0 Å². The maximum absolute atomic E-state index is 11.5. The molecule has 116 valence electrons. The number of hydrogen-bond acceptors (Lipinski definition) is 5. The van der Waals surface area contributed by atoms with Gasteiger partial charge in [-0.3, -0.25) is 14.6 Å². The lowest BCUT2D eigenvalue weighted by atomic mass is 9.99. The van der Waals surface area contributed by atoms with Crippen molar-refractivity contribution in [2.24, 2.45) is 5.73 Å². The number of aliphatic hydroxyl groups is 2. The molecule has 0 aromatic rings. The summed E-state index contributed by atoms with van der Waals surface area (Å²) in [5.41, 5.74) is 5.48. The smallest absolute Gasteiger partial charge is 0.234 e. The highest BCUT2D eigenvalue weighted by molar-refractivity contribution is 5.79. The van der Waals surface area contributed by atoms with Crippen LogP contribution < -0.4 is 5.73 Å². The average Bonchev–Trinajstić information content (AvgIpc) is 2.42. The van der Waals surface area contributed by atoms with Crippen molar-refractivity contribution in [1.82, 2.24) is 9.80 Å². The summed E-state index contributed by atoms with van der Waals surface area (Å²) in [5.74, 6) is -0.231. The number of piperidine rings is 2. The predicted molar refractivity (Wildman–Crippen MR) is 76.1 cm³/mol. The van der Waals surface area contributed by atoms with Crippen molar-refractivity contribution in [3.8, 4) is 0 Å². The molecule has 4 N–H and O–H groups in total. The Morgan fingerprint density at radius 1 is 1.25 bits per heavy atom. The number of rotatable bonds is 4. The quantitative estimate of drug-likeness (QED) is 0.625. The first-order valence-electron chi connectivity index (χ1n) is 7.62. The van der Waals surface area contributed by atoms with Gasteiger partial charge in [0.15, 0.2) is 0 Å². The van der Waals surface area contributed by atoms with Crippen LogP contribution in [-0.4, -0.2) is 76.4 Å². The third kappa shape index (κ3) is 3.69. The number of likely N-dealkylation sites (tertiary alicyclic amines) is 2. The van der Waals surface area contributed by atoms with E-state index in [0.717, 1.165) is 38.9 Å². The van der Waals surface area contributed by atoms with Crippen LogP contribution in [0.2, 0.25) is 0 Å². The van der Waals surface area contributed by atoms with E-state index in [1.807, 2.05) is 0 Å². The van der Waals surface area contributed by atoms with E-state index in [1.165, 1.54) is 0 Å². The zero-order valence-electron chi connectivity index (χ0n) is 12.2. The third-order valence-corrected chi connectivity index (χ3v) is 4.64. The van der Waals surface area contributed by atoms with E-state index >= 15 is 0 Å². The van der Waals surface area contributed by atoms with Crippen molar-refractivity contribution in [3.63, 3.8) is 0 Å². The Bertz CT molecular complexity index is 340. The highest BCUT2D eigenvalue weighted by atomic mass is 16.3. The number of primary amides is 1. The van der Waals surface area contributed by atoms with Crippen LogP contribution in [0.5, 0.6) is 0 Å². The van der Waals surface area contributed by atoms with Crippen LogP contribution in [0.3, 0.4) is 0 Å². The fourth-order valence-corrected chi connectivity index (χ4v) is 3.33. The molecule has 2 saturated heterocycles. The van der Waals surface area contributed by atoms with Crippen molar-refractivity contribution in [3.05, 3.63) is 0 Å². The summed E-state index contributed by atoms with van der Waals surface area (Å²) >= 11 is 0. The minimum absolute atomic E-state index is 0.147. The van der Waals surface area contributed by atoms with Crippen molar-refractivity contribution in [2.75, 3.05) is 26.2 Å². The lowest BCUT2D eigenvalue weighted by molar-refractivity contribution is -0.125. The number of amides is 1. The number of aliphatic hydroxyl groups excluding tert-OH is 2. The second-order valence-corrected chi connectivity index (χ2v) is 6.18. The molecular weight excluding hydrogens is 258 g/mol. The van der Waals surface area contributed by atoms with Crippen LogP contribution in [-0.2, 0) is 4.79 Å². The second-order valence-electron chi connectivity index (χ2n) is 6.18. The summed E-state index contributed by atoms with van der Waals surface area (Å²) in [6.07, 6.45) is 2.35. The van der Waals surface area contributed by atoms with E-state index in [2.05, 4.69) is 16.7 Å². The number of nitrogens with zero attached hydrogens (tertiary/aromatic N) is 2. The Kier molecular flexibility index (Phi) is 5.37. The monoisotopic (exact) mass is 285 g/mol. The van der Waals surface area contributed by atoms with Crippen LogP contribution in [0.15, 0.2) is 0 Å². The number of carbonyl (C=O) groups is 1. The van der Waals surface area contributed by atoms with Gasteiger partial charge in [0, 0.05) is 25.7 Å². The van der Waals surface area contributed by atoms with Gasteiger partial charge in [0.25, 0.3) is 0 Å². The molecule has 0 aromatic carbocycles. The van der Waals surface area contributed by atoms with Gasteiger partial charge in [0.1, 0.15) is 0 Å². The average molecular weight is 285 g/mol. The molecule has 4 unspecified atom stereocenters. The van der Waals surface area contributed by atoms with Gasteiger partial charge in [-0.05, 0) is 32.7 Å². The third-order valence-electron chi connectivity index (χ3n) is 4.64. The zero-order chi connectivity index (χ0) is 14.7. The van der Waals surface area contributed by atoms with E-state index in [4.69, 9.17) is 5.73 Å². The molecule has 0 saturated carbocycles. The summed E-state index contributed by atoms with van der Waals surface area (Å²) in [4.78, 5) is 15.9. The molecule has 4 atom stereocenters. The molecule has 0 aliphatic carbocycles. The van der Waals surface area contributed by atoms with Gasteiger partial charge in [-0.15, -0.1) is 0 Å². The summed E-state index contributed by atoms with van der Waals surface area (Å²) in [6.45, 7) is 5.09. The van der Waals surface area contributed by atoms with Gasteiger partial charge in [0.05, 0.1) is 18.2 Å². The maximum Gasteiger partial charge on any atom is 0.234 e. The Morgan fingerprint density at radius 2 is 2.00 bits per heavy atom. The van der Waals surface area contributed by atoms with Gasteiger partial charge >= 0.3 is 0 Å². The summed E-state index contributed by atoms with van der Waals surface area (Å²) in [6, 6.07) is 0.101. The summed E-state index contributed by atoms with van der Waals surface area (Å²) in [7, 11) is 0. The molecular formula is C14H27N3O3. The fourth-order valence-electron chi connectivity index (χ4n) is 3.33. The highest BCUT2D eigenvalue weighted by Crippen LogP contribution is 2.20. The van der Waals surface area contributed by atoms with Crippen LogP contribution in [0.1, 0.15) is 32.6 Å². The van der Waals surface area contributed by atoms with E-state index < -0.39 is 12.2 Å². The molecule has 2 heterocycles. The molecule has 20 heavy (non-hydrogen) atoms. The van der Waals surface area contributed by atoms with Gasteiger partial charge in [-0.2, -0.15) is 0 Å². The SMILES string of the molecule is CC(CN1CCCCC1C(N)=O)N1CCC(O)C(O)C1. The number of β-amino-alcohol motifs (C(OH)–C–C–N with tert-alkyl or cyclic N) is 1. The highest BCUT2D eigenvalue weighted by Gasteiger charge is 2.32. The molecule has 2 fully saturated rings. The molecule has 2 rings (SSSR count). The van der Waals surface area contributed by atoms with E-state index in [-0.39, 0.29) is 18.0 Å². The number of hydrogen-bond donors (Lipinski definition) is 3. The molecule has 1 amide bonds. The largest absolute Gasteiger partial charge is 0.390 e. The minimum atomic E-state index is -0.667. The normalized spacial score (nSPS) is 34.9. The molecule has 0 bridgehead atoms. The molecule has 2 aliphatic heterocycles. The van der Waals surface area contributed by atoms with Crippen LogP contribution in [0.4, 0.5) is 0 Å². The molecule has 0 spiro atoms. The zero-order valence-corrected chi connectivity index (χ0v) is 12.2. The number of carbonyl (C=O) groups excluding carboxylic acids is 1. The first-order valence-corrected chi connectivity index (χ1v) is 7.62. The van der Waals surface area contributed by atoms with Crippen molar-refractivity contribution >= 4 is 5.91 Å². The topological polar surface area (TPSA) is 90.0 Å². The van der Waals surface area contributed by atoms with Crippen molar-refractivity contribution < 1.29 is 15.0 Å². The van der Waals surface area contributed by atoms with E-state index in [9.17, 15) is 15.0 Å². The first-order chi connectivity index (χ1) is 9.49. The minimum Gasteiger partial charge on any atom is -0.390 e. The van der Waals surface area contributed by atoms with Crippen LogP contribution in [0.25, 0.3) is 0 Å². The van der Waals surface area contributed by atoms with Gasteiger partial charge in [-0.25, -0.2) is 0 Å². The lowest BCUT2D eigenvalue weighted by Crippen LogP contribution is -2.56. The maximum atomic E-state index is 11.5.